The fourth-order valence-corrected chi connectivity index (χ4v) is 2.35. The molecule has 0 saturated heterocycles. The SMILES string of the molecule is CCOc1ccccc1OCc1nc(C)c2ccccc2n1. The number of aryl methyl sites for hydroxylation is 1. The van der Waals surface area contributed by atoms with Gasteiger partial charge >= 0.3 is 0 Å². The summed E-state index contributed by atoms with van der Waals surface area (Å²) in [5.41, 5.74) is 1.90. The van der Waals surface area contributed by atoms with Crippen molar-refractivity contribution >= 4 is 10.9 Å². The monoisotopic (exact) mass is 294 g/mol. The maximum absolute atomic E-state index is 5.83. The van der Waals surface area contributed by atoms with Crippen LogP contribution < -0.4 is 9.47 Å². The zero-order valence-corrected chi connectivity index (χ0v) is 12.7. The van der Waals surface area contributed by atoms with Gasteiger partial charge in [-0.1, -0.05) is 30.3 Å². The minimum atomic E-state index is 0.315. The number of hydrogen-bond acceptors (Lipinski definition) is 4. The predicted octanol–water partition coefficient (Wildman–Crippen LogP) is 3.92. The van der Waals surface area contributed by atoms with E-state index in [9.17, 15) is 0 Å². The molecule has 1 aromatic heterocycles. The van der Waals surface area contributed by atoms with E-state index in [-0.39, 0.29) is 0 Å². The molecular weight excluding hydrogens is 276 g/mol. The Morgan fingerprint density at radius 3 is 2.32 bits per heavy atom. The van der Waals surface area contributed by atoms with Crippen LogP contribution in [-0.4, -0.2) is 16.6 Å². The number of para-hydroxylation sites is 3. The summed E-state index contributed by atoms with van der Waals surface area (Å²) >= 11 is 0. The second-order valence-electron chi connectivity index (χ2n) is 4.91. The van der Waals surface area contributed by atoms with Crippen molar-refractivity contribution < 1.29 is 9.47 Å². The highest BCUT2D eigenvalue weighted by atomic mass is 16.5. The van der Waals surface area contributed by atoms with Crippen LogP contribution in [0.5, 0.6) is 11.5 Å². The fourth-order valence-electron chi connectivity index (χ4n) is 2.35. The number of benzene rings is 2. The molecular formula is C18H18N2O2. The van der Waals surface area contributed by atoms with Crippen LogP contribution in [0.15, 0.2) is 48.5 Å². The summed E-state index contributed by atoms with van der Waals surface area (Å²) < 4.78 is 11.4. The molecule has 3 rings (SSSR count). The summed E-state index contributed by atoms with van der Waals surface area (Å²) in [6, 6.07) is 15.6. The van der Waals surface area contributed by atoms with Gasteiger partial charge in [-0.05, 0) is 32.0 Å². The van der Waals surface area contributed by atoms with Crippen LogP contribution in [0.4, 0.5) is 0 Å². The van der Waals surface area contributed by atoms with E-state index < -0.39 is 0 Å². The second kappa shape index (κ2) is 6.43. The molecule has 0 radical (unpaired) electrons. The summed E-state index contributed by atoms with van der Waals surface area (Å²) in [5, 5.41) is 1.07. The minimum Gasteiger partial charge on any atom is -0.490 e. The number of hydrogen-bond donors (Lipinski definition) is 0. The Labute approximate surface area is 129 Å². The molecule has 4 heteroatoms. The lowest BCUT2D eigenvalue weighted by Crippen LogP contribution is -2.04. The highest BCUT2D eigenvalue weighted by molar-refractivity contribution is 5.80. The highest BCUT2D eigenvalue weighted by Gasteiger charge is 2.07. The number of aromatic nitrogens is 2. The molecule has 0 atom stereocenters. The third kappa shape index (κ3) is 3.01. The van der Waals surface area contributed by atoms with Gasteiger partial charge in [0.05, 0.1) is 12.1 Å². The molecule has 22 heavy (non-hydrogen) atoms. The van der Waals surface area contributed by atoms with Crippen LogP contribution in [0.2, 0.25) is 0 Å². The first-order chi connectivity index (χ1) is 10.8. The van der Waals surface area contributed by atoms with Gasteiger partial charge in [0, 0.05) is 11.1 Å². The summed E-state index contributed by atoms with van der Waals surface area (Å²) in [6.07, 6.45) is 0. The summed E-state index contributed by atoms with van der Waals surface area (Å²) in [6.45, 7) is 4.86. The highest BCUT2D eigenvalue weighted by Crippen LogP contribution is 2.27. The Hall–Kier alpha value is -2.62. The Bertz CT molecular complexity index is 787. The van der Waals surface area contributed by atoms with Crippen LogP contribution in [0.1, 0.15) is 18.4 Å². The molecule has 3 aromatic rings. The number of ether oxygens (including phenoxy) is 2. The lowest BCUT2D eigenvalue weighted by Gasteiger charge is -2.11. The first-order valence-corrected chi connectivity index (χ1v) is 7.35. The van der Waals surface area contributed by atoms with Crippen molar-refractivity contribution in [3.8, 4) is 11.5 Å². The first kappa shape index (κ1) is 14.3. The van der Waals surface area contributed by atoms with Crippen molar-refractivity contribution in [2.24, 2.45) is 0 Å². The minimum absolute atomic E-state index is 0.315. The van der Waals surface area contributed by atoms with Gasteiger partial charge in [0.2, 0.25) is 0 Å². The molecule has 0 N–H and O–H groups in total. The largest absolute Gasteiger partial charge is 0.490 e. The van der Waals surface area contributed by atoms with Gasteiger partial charge in [-0.25, -0.2) is 9.97 Å². The average molecular weight is 294 g/mol. The van der Waals surface area contributed by atoms with Crippen LogP contribution in [0.25, 0.3) is 10.9 Å². The van der Waals surface area contributed by atoms with Crippen LogP contribution in [0.3, 0.4) is 0 Å². The van der Waals surface area contributed by atoms with Crippen LogP contribution >= 0.6 is 0 Å². The molecule has 0 amide bonds. The average Bonchev–Trinajstić information content (AvgIpc) is 2.54. The van der Waals surface area contributed by atoms with E-state index in [0.29, 0.717) is 24.8 Å². The summed E-state index contributed by atoms with van der Waals surface area (Å²) in [5.74, 6) is 2.11. The second-order valence-corrected chi connectivity index (χ2v) is 4.91. The smallest absolute Gasteiger partial charge is 0.166 e. The van der Waals surface area contributed by atoms with E-state index in [4.69, 9.17) is 9.47 Å². The molecule has 0 aliphatic heterocycles. The molecule has 0 saturated carbocycles. The van der Waals surface area contributed by atoms with Gasteiger partial charge in [-0.15, -0.1) is 0 Å². The Morgan fingerprint density at radius 1 is 0.864 bits per heavy atom. The standard InChI is InChI=1S/C18H18N2O2/c1-3-21-16-10-6-7-11-17(16)22-12-18-19-13(2)14-8-4-5-9-15(14)20-18/h4-11H,3,12H2,1-2H3. The van der Waals surface area contributed by atoms with Gasteiger partial charge in [0.25, 0.3) is 0 Å². The van der Waals surface area contributed by atoms with E-state index in [1.807, 2.05) is 62.4 Å². The first-order valence-electron chi connectivity index (χ1n) is 7.35. The van der Waals surface area contributed by atoms with Crippen molar-refractivity contribution in [3.63, 3.8) is 0 Å². The number of nitrogens with zero attached hydrogens (tertiary/aromatic N) is 2. The predicted molar refractivity (Wildman–Crippen MR) is 86.2 cm³/mol. The molecule has 0 aliphatic rings. The molecule has 0 aliphatic carbocycles. The number of fused-ring (bicyclic) bond motifs is 1. The third-order valence-corrected chi connectivity index (χ3v) is 3.35. The Balaban J connectivity index is 1.82. The van der Waals surface area contributed by atoms with Gasteiger partial charge in [-0.3, -0.25) is 0 Å². The van der Waals surface area contributed by atoms with Crippen LogP contribution in [-0.2, 0) is 6.61 Å². The van der Waals surface area contributed by atoms with Crippen molar-refractivity contribution in [1.29, 1.82) is 0 Å². The van der Waals surface area contributed by atoms with Crippen LogP contribution in [0, 0.1) is 6.92 Å². The van der Waals surface area contributed by atoms with Crippen molar-refractivity contribution in [2.45, 2.75) is 20.5 Å². The number of rotatable bonds is 5. The molecule has 4 nitrogen and oxygen atoms in total. The zero-order chi connectivity index (χ0) is 15.4. The molecule has 0 fully saturated rings. The normalized spacial score (nSPS) is 10.6. The van der Waals surface area contributed by atoms with E-state index in [1.165, 1.54) is 0 Å². The van der Waals surface area contributed by atoms with Gasteiger partial charge < -0.3 is 9.47 Å². The molecule has 0 unspecified atom stereocenters. The molecule has 1 heterocycles. The van der Waals surface area contributed by atoms with Crippen molar-refractivity contribution in [3.05, 3.63) is 60.0 Å². The van der Waals surface area contributed by atoms with Gasteiger partial charge in [0.1, 0.15) is 6.61 Å². The van der Waals surface area contributed by atoms with Crippen molar-refractivity contribution in [1.82, 2.24) is 9.97 Å². The summed E-state index contributed by atoms with van der Waals surface area (Å²) in [4.78, 5) is 9.06. The molecule has 112 valence electrons. The van der Waals surface area contributed by atoms with E-state index in [1.54, 1.807) is 0 Å². The van der Waals surface area contributed by atoms with Gasteiger partial charge in [0.15, 0.2) is 17.3 Å². The molecule has 2 aromatic carbocycles. The zero-order valence-electron chi connectivity index (χ0n) is 12.7. The molecule has 0 spiro atoms. The molecule has 0 bridgehead atoms. The quantitative estimate of drug-likeness (QED) is 0.715. The summed E-state index contributed by atoms with van der Waals surface area (Å²) in [7, 11) is 0. The van der Waals surface area contributed by atoms with E-state index in [0.717, 1.165) is 22.3 Å². The maximum Gasteiger partial charge on any atom is 0.166 e. The van der Waals surface area contributed by atoms with Gasteiger partial charge in [-0.2, -0.15) is 0 Å². The lowest BCUT2D eigenvalue weighted by molar-refractivity contribution is 0.263. The third-order valence-electron chi connectivity index (χ3n) is 3.35. The van der Waals surface area contributed by atoms with Crippen molar-refractivity contribution in [2.75, 3.05) is 6.61 Å². The van der Waals surface area contributed by atoms with E-state index >= 15 is 0 Å². The maximum atomic E-state index is 5.83. The fraction of sp³-hybridized carbons (Fsp3) is 0.222. The Kier molecular flexibility index (Phi) is 4.19. The lowest BCUT2D eigenvalue weighted by atomic mass is 10.2. The van der Waals surface area contributed by atoms with E-state index in [2.05, 4.69) is 9.97 Å². The topological polar surface area (TPSA) is 44.2 Å². The Morgan fingerprint density at radius 2 is 1.55 bits per heavy atom.